The number of hydrogen-bond acceptors (Lipinski definition) is 3. The molecule has 0 radical (unpaired) electrons. The zero-order chi connectivity index (χ0) is 17.5. The highest BCUT2D eigenvalue weighted by Crippen LogP contribution is 2.43. The SMILES string of the molecule is CC1CCC2(CC1)OC[C@@H](C(=O)O)N2C(=O)c1ccc(Cl)cc1Cl. The minimum Gasteiger partial charge on any atom is -0.480 e. The van der Waals surface area contributed by atoms with Gasteiger partial charge in [-0.2, -0.15) is 0 Å². The first-order valence-corrected chi connectivity index (χ1v) is 8.75. The molecule has 1 aliphatic carbocycles. The number of carboxylic acid groups (broad SMARTS) is 1. The summed E-state index contributed by atoms with van der Waals surface area (Å²) in [5.41, 5.74) is -0.605. The molecule has 0 bridgehead atoms. The first kappa shape index (κ1) is 17.5. The molecule has 5 nitrogen and oxygen atoms in total. The molecule has 1 saturated heterocycles. The summed E-state index contributed by atoms with van der Waals surface area (Å²) < 4.78 is 5.88. The van der Waals surface area contributed by atoms with Crippen LogP contribution in [0, 0.1) is 5.92 Å². The van der Waals surface area contributed by atoms with Gasteiger partial charge in [0, 0.05) is 5.02 Å². The molecule has 7 heteroatoms. The lowest BCUT2D eigenvalue weighted by atomic mass is 9.83. The Bertz CT molecular complexity index is 671. The van der Waals surface area contributed by atoms with E-state index < -0.39 is 23.6 Å². The van der Waals surface area contributed by atoms with Gasteiger partial charge in [-0.3, -0.25) is 9.69 Å². The molecule has 2 aliphatic rings. The Kier molecular flexibility index (Phi) is 4.78. The Hall–Kier alpha value is -1.30. The number of hydrogen-bond donors (Lipinski definition) is 1. The molecule has 1 spiro atoms. The van der Waals surface area contributed by atoms with E-state index in [-0.39, 0.29) is 17.2 Å². The summed E-state index contributed by atoms with van der Waals surface area (Å²) in [6, 6.07) is 3.59. The molecule has 1 atom stereocenters. The molecule has 24 heavy (non-hydrogen) atoms. The van der Waals surface area contributed by atoms with E-state index in [1.807, 2.05) is 0 Å². The minimum absolute atomic E-state index is 0.000658. The van der Waals surface area contributed by atoms with Gasteiger partial charge in [0.2, 0.25) is 0 Å². The Labute approximate surface area is 150 Å². The van der Waals surface area contributed by atoms with Gasteiger partial charge < -0.3 is 9.84 Å². The van der Waals surface area contributed by atoms with Gasteiger partial charge in [0.1, 0.15) is 5.72 Å². The predicted molar refractivity (Wildman–Crippen MR) is 90.4 cm³/mol. The fraction of sp³-hybridized carbons (Fsp3) is 0.529. The monoisotopic (exact) mass is 371 g/mol. The number of halogens is 2. The third kappa shape index (κ3) is 3.01. The van der Waals surface area contributed by atoms with Gasteiger partial charge in [-0.25, -0.2) is 4.79 Å². The van der Waals surface area contributed by atoms with E-state index in [0.717, 1.165) is 12.8 Å². The number of benzene rings is 1. The molecule has 0 unspecified atom stereocenters. The van der Waals surface area contributed by atoms with Crippen LogP contribution in [-0.2, 0) is 9.53 Å². The van der Waals surface area contributed by atoms with Crippen LogP contribution in [0.4, 0.5) is 0 Å². The average molecular weight is 372 g/mol. The van der Waals surface area contributed by atoms with Crippen molar-refractivity contribution < 1.29 is 19.4 Å². The number of aliphatic carboxylic acids is 1. The number of rotatable bonds is 2. The largest absolute Gasteiger partial charge is 0.480 e. The number of nitrogens with zero attached hydrogens (tertiary/aromatic N) is 1. The maximum Gasteiger partial charge on any atom is 0.328 e. The van der Waals surface area contributed by atoms with E-state index in [4.69, 9.17) is 27.9 Å². The van der Waals surface area contributed by atoms with Gasteiger partial charge in [0.15, 0.2) is 6.04 Å². The molecular formula is C17H19Cl2NO4. The van der Waals surface area contributed by atoms with Crippen molar-refractivity contribution in [3.63, 3.8) is 0 Å². The number of ether oxygens (including phenoxy) is 1. The Balaban J connectivity index is 1.98. The predicted octanol–water partition coefficient (Wildman–Crippen LogP) is 3.83. The number of carboxylic acids is 1. The van der Waals surface area contributed by atoms with Gasteiger partial charge in [0.25, 0.3) is 5.91 Å². The van der Waals surface area contributed by atoms with Crippen molar-refractivity contribution >= 4 is 35.1 Å². The van der Waals surface area contributed by atoms with Crippen molar-refractivity contribution in [2.45, 2.75) is 44.4 Å². The quantitative estimate of drug-likeness (QED) is 0.857. The van der Waals surface area contributed by atoms with Crippen molar-refractivity contribution in [2.24, 2.45) is 5.92 Å². The molecular weight excluding hydrogens is 353 g/mol. The highest BCUT2D eigenvalue weighted by Gasteiger charge is 2.54. The smallest absolute Gasteiger partial charge is 0.328 e. The first-order valence-electron chi connectivity index (χ1n) is 7.99. The highest BCUT2D eigenvalue weighted by molar-refractivity contribution is 6.36. The van der Waals surface area contributed by atoms with Crippen LogP contribution >= 0.6 is 23.2 Å². The summed E-state index contributed by atoms with van der Waals surface area (Å²) in [5.74, 6) is -0.945. The van der Waals surface area contributed by atoms with Gasteiger partial charge in [0.05, 0.1) is 17.2 Å². The third-order valence-electron chi connectivity index (χ3n) is 4.98. The van der Waals surface area contributed by atoms with Crippen LogP contribution < -0.4 is 0 Å². The fourth-order valence-electron chi connectivity index (χ4n) is 3.56. The number of carbonyl (C=O) groups excluding carboxylic acids is 1. The van der Waals surface area contributed by atoms with E-state index >= 15 is 0 Å². The van der Waals surface area contributed by atoms with Gasteiger partial charge in [-0.15, -0.1) is 0 Å². The Morgan fingerprint density at radius 3 is 2.54 bits per heavy atom. The van der Waals surface area contributed by atoms with Crippen LogP contribution in [0.2, 0.25) is 10.0 Å². The Morgan fingerprint density at radius 2 is 1.96 bits per heavy atom. The maximum atomic E-state index is 13.1. The van der Waals surface area contributed by atoms with Crippen LogP contribution in [0.3, 0.4) is 0 Å². The van der Waals surface area contributed by atoms with Crippen LogP contribution in [0.5, 0.6) is 0 Å². The van der Waals surface area contributed by atoms with Crippen molar-refractivity contribution in [2.75, 3.05) is 6.61 Å². The maximum absolute atomic E-state index is 13.1. The van der Waals surface area contributed by atoms with Crippen molar-refractivity contribution in [3.8, 4) is 0 Å². The lowest BCUT2D eigenvalue weighted by Crippen LogP contribution is -2.55. The molecule has 1 heterocycles. The summed E-state index contributed by atoms with van der Waals surface area (Å²) in [6.45, 7) is 2.15. The van der Waals surface area contributed by atoms with Crippen molar-refractivity contribution in [3.05, 3.63) is 33.8 Å². The van der Waals surface area contributed by atoms with Gasteiger partial charge >= 0.3 is 5.97 Å². The molecule has 1 N–H and O–H groups in total. The first-order chi connectivity index (χ1) is 11.3. The fourth-order valence-corrected chi connectivity index (χ4v) is 4.05. The highest BCUT2D eigenvalue weighted by atomic mass is 35.5. The van der Waals surface area contributed by atoms with E-state index in [9.17, 15) is 14.7 Å². The molecule has 1 aliphatic heterocycles. The zero-order valence-corrected chi connectivity index (χ0v) is 14.8. The average Bonchev–Trinajstić information content (AvgIpc) is 2.89. The van der Waals surface area contributed by atoms with Gasteiger partial charge in [-0.1, -0.05) is 30.1 Å². The molecule has 1 amide bonds. The van der Waals surface area contributed by atoms with Crippen LogP contribution in [-0.4, -0.2) is 40.3 Å². The van der Waals surface area contributed by atoms with E-state index in [0.29, 0.717) is 23.8 Å². The molecule has 1 aromatic carbocycles. The molecule has 2 fully saturated rings. The normalized spacial score (nSPS) is 29.9. The molecule has 1 aromatic rings. The van der Waals surface area contributed by atoms with Crippen LogP contribution in [0.25, 0.3) is 0 Å². The Morgan fingerprint density at radius 1 is 1.29 bits per heavy atom. The van der Waals surface area contributed by atoms with Crippen molar-refractivity contribution in [1.82, 2.24) is 4.90 Å². The van der Waals surface area contributed by atoms with Crippen LogP contribution in [0.15, 0.2) is 18.2 Å². The van der Waals surface area contributed by atoms with E-state index in [2.05, 4.69) is 6.92 Å². The lowest BCUT2D eigenvalue weighted by molar-refractivity contribution is -0.143. The lowest BCUT2D eigenvalue weighted by Gasteiger charge is -2.42. The summed E-state index contributed by atoms with van der Waals surface area (Å²) in [6.07, 6.45) is 3.05. The summed E-state index contributed by atoms with van der Waals surface area (Å²) in [7, 11) is 0. The summed E-state index contributed by atoms with van der Waals surface area (Å²) in [5, 5.41) is 10.2. The van der Waals surface area contributed by atoms with Crippen molar-refractivity contribution in [1.29, 1.82) is 0 Å². The second-order valence-corrected chi connectivity index (χ2v) is 7.44. The molecule has 3 rings (SSSR count). The molecule has 130 valence electrons. The van der Waals surface area contributed by atoms with Crippen LogP contribution in [0.1, 0.15) is 43.0 Å². The minimum atomic E-state index is -1.07. The zero-order valence-electron chi connectivity index (χ0n) is 13.3. The van der Waals surface area contributed by atoms with E-state index in [1.165, 1.54) is 17.0 Å². The molecule has 1 saturated carbocycles. The topological polar surface area (TPSA) is 66.8 Å². The number of amides is 1. The van der Waals surface area contributed by atoms with E-state index in [1.54, 1.807) is 6.07 Å². The summed E-state index contributed by atoms with van der Waals surface area (Å²) >= 11 is 12.1. The second kappa shape index (κ2) is 6.54. The standard InChI is InChI=1S/C17H19Cl2NO4/c1-10-4-6-17(7-5-10)20(14(9-24-17)16(22)23)15(21)12-3-2-11(18)8-13(12)19/h2-3,8,10,14H,4-7,9H2,1H3,(H,22,23)/t10?,14-,17?/m0/s1. The van der Waals surface area contributed by atoms with Gasteiger partial charge in [-0.05, 0) is 49.8 Å². The third-order valence-corrected chi connectivity index (χ3v) is 5.53. The summed E-state index contributed by atoms with van der Waals surface area (Å²) in [4.78, 5) is 26.1. The second-order valence-electron chi connectivity index (χ2n) is 6.59. The number of carbonyl (C=O) groups is 2. The molecule has 0 aromatic heterocycles.